The minimum Gasteiger partial charge on any atom is -0.396 e. The lowest BCUT2D eigenvalue weighted by atomic mass is 9.65. The van der Waals surface area contributed by atoms with E-state index in [1.807, 2.05) is 0 Å². The molecule has 0 radical (unpaired) electrons. The minimum atomic E-state index is -2.18. The Kier molecular flexibility index (Phi) is 39.8. The van der Waals surface area contributed by atoms with Crippen molar-refractivity contribution in [2.24, 2.45) is 130 Å². The Balaban J connectivity index is 0.755. The number of ether oxygens (including phenoxy) is 5. The van der Waals surface area contributed by atoms with Crippen LogP contribution in [-0.4, -0.2) is 133 Å². The lowest BCUT2D eigenvalue weighted by molar-refractivity contribution is -0.183. The Morgan fingerprint density at radius 3 is 1.37 bits per heavy atom. The van der Waals surface area contributed by atoms with Crippen LogP contribution in [-0.2, 0) is 23.7 Å². The van der Waals surface area contributed by atoms with Crippen molar-refractivity contribution in [2.45, 2.75) is 388 Å². The Labute approximate surface area is 634 Å². The zero-order valence-corrected chi connectivity index (χ0v) is 68.9. The maximum atomic E-state index is 11.1. The van der Waals surface area contributed by atoms with Crippen LogP contribution in [0.25, 0.3) is 0 Å². The van der Waals surface area contributed by atoms with E-state index in [9.17, 15) is 30.6 Å². The second-order valence-electron chi connectivity index (χ2n) is 39.9. The zero-order chi connectivity index (χ0) is 73.7. The first kappa shape index (κ1) is 88.1. The summed E-state index contributed by atoms with van der Waals surface area (Å²) in [5.41, 5.74) is -1.64. The van der Waals surface area contributed by atoms with Gasteiger partial charge < -0.3 is 54.3 Å². The summed E-state index contributed by atoms with van der Waals surface area (Å²) in [4.78, 5) is 0. The molecule has 0 spiro atoms. The number of aliphatic hydroxyl groups is 6. The molecule has 604 valence electrons. The van der Waals surface area contributed by atoms with E-state index in [0.29, 0.717) is 54.8 Å². The second kappa shape index (κ2) is 46.5. The van der Waals surface area contributed by atoms with Gasteiger partial charge in [-0.05, 0) is 246 Å². The fraction of sp³-hybridized carbons (Fsp3) is 1.00. The SMILES string of the molecule is CC1CCCC(CO)COCCC2CCC(C2)C2CCCC(C)(CCCC(C)CCC(C)CCCC(C)C3CCC(CCCC(C)CCOC(CO[C@H]4[C@@H](O)[C@@H](O)[C@@H](O)[C@@]4(O)CO)COCCC4CCC(C4)C4CCC(C4)C(C)COCC(C)CCC(C)CCCC(C)C4CCC(CCC1)C4)C3)C2. The molecule has 12 bridgehead atoms. The van der Waals surface area contributed by atoms with Gasteiger partial charge in [-0.15, -0.1) is 0 Å². The molecule has 28 atom stereocenters. The molecule has 8 rings (SSSR count). The molecular formula is C92H170O11. The van der Waals surface area contributed by atoms with Crippen molar-refractivity contribution in [3.05, 3.63) is 0 Å². The van der Waals surface area contributed by atoms with Crippen LogP contribution in [0.2, 0.25) is 0 Å². The Hall–Kier alpha value is -0.440. The number of hydrogen-bond donors (Lipinski definition) is 6. The maximum absolute atomic E-state index is 11.1. The van der Waals surface area contributed by atoms with E-state index in [4.69, 9.17) is 23.7 Å². The topological polar surface area (TPSA) is 168 Å². The van der Waals surface area contributed by atoms with Gasteiger partial charge in [-0.1, -0.05) is 230 Å². The normalized spacial score (nSPS) is 44.7. The van der Waals surface area contributed by atoms with E-state index in [0.717, 1.165) is 140 Å². The molecule has 1 aliphatic heterocycles. The highest BCUT2D eigenvalue weighted by atomic mass is 16.6. The number of rotatable bonds is 5. The Morgan fingerprint density at radius 1 is 0.359 bits per heavy atom. The lowest BCUT2D eigenvalue weighted by Gasteiger charge is -2.41. The third-order valence-electron chi connectivity index (χ3n) is 30.8. The molecule has 11 heteroatoms. The van der Waals surface area contributed by atoms with E-state index in [-0.39, 0.29) is 13.2 Å². The summed E-state index contributed by atoms with van der Waals surface area (Å²) >= 11 is 0. The van der Waals surface area contributed by atoms with Gasteiger partial charge in [-0.2, -0.15) is 0 Å². The molecule has 7 aliphatic carbocycles. The molecule has 0 amide bonds. The molecule has 1 heterocycles. The summed E-state index contributed by atoms with van der Waals surface area (Å²) in [6.07, 6.45) is 52.5. The standard InChI is InChI=1S/C92H170O11/c1-65-20-13-26-74-34-38-79(52-74)72(8)25-12-19-67(3)32-33-70(6)59-101-60-73(9)81-42-43-84(56-81)82-40-36-76(54-82)46-50-100-62-86(63-103-90-88(96)87(95)89(97)92(90,98)64-94)102-51-44-69(5)22-14-27-75-35-39-80(53-75)71(7)24-11-18-66(2)30-31-68(4)23-16-47-91(10)48-17-29-85(57-91)83-41-37-77(55-83)45-49-99-61-78(58-93)28-15-21-65/h65-90,93-98H,11-64H2,1-10H3/t65?,66?,67?,68?,69?,70?,71?,72?,73?,74?,75?,76?,77?,78?,79?,80?,81?,82?,83?,84?,85?,86?,87-,88+,89-,90+,91?,92+/m1/s1. The Bertz CT molecular complexity index is 2200. The third-order valence-corrected chi connectivity index (χ3v) is 30.8. The summed E-state index contributed by atoms with van der Waals surface area (Å²) in [6, 6.07) is 0. The van der Waals surface area contributed by atoms with Crippen LogP contribution in [0.4, 0.5) is 0 Å². The van der Waals surface area contributed by atoms with E-state index in [1.165, 1.54) is 263 Å². The van der Waals surface area contributed by atoms with Gasteiger partial charge in [0.15, 0.2) is 0 Å². The van der Waals surface area contributed by atoms with Crippen LogP contribution < -0.4 is 0 Å². The highest BCUT2D eigenvalue weighted by molar-refractivity contribution is 5.10. The van der Waals surface area contributed by atoms with Crippen LogP contribution in [0.3, 0.4) is 0 Å². The van der Waals surface area contributed by atoms with Crippen molar-refractivity contribution in [2.75, 3.05) is 66.1 Å². The first-order chi connectivity index (χ1) is 49.6. The molecule has 8 fully saturated rings. The lowest BCUT2D eigenvalue weighted by Crippen LogP contribution is -2.53. The zero-order valence-electron chi connectivity index (χ0n) is 68.9. The number of hydrogen-bond acceptors (Lipinski definition) is 11. The molecule has 0 aromatic heterocycles. The number of fused-ring (bicyclic) bond motifs is 14. The summed E-state index contributed by atoms with van der Waals surface area (Å²) < 4.78 is 31.8. The Morgan fingerprint density at radius 2 is 0.796 bits per heavy atom. The summed E-state index contributed by atoms with van der Waals surface area (Å²) in [6.45, 7) is 29.4. The van der Waals surface area contributed by atoms with E-state index in [1.54, 1.807) is 0 Å². The molecule has 0 aromatic rings. The molecule has 8 aliphatic rings. The summed E-state index contributed by atoms with van der Waals surface area (Å²) in [7, 11) is 0. The van der Waals surface area contributed by atoms with E-state index < -0.39 is 42.7 Å². The maximum Gasteiger partial charge on any atom is 0.145 e. The number of aliphatic hydroxyl groups excluding tert-OH is 5. The van der Waals surface area contributed by atoms with Gasteiger partial charge in [0.1, 0.15) is 36.1 Å². The summed E-state index contributed by atoms with van der Waals surface area (Å²) in [5, 5.41) is 63.3. The van der Waals surface area contributed by atoms with Gasteiger partial charge in [0.2, 0.25) is 0 Å². The highest BCUT2D eigenvalue weighted by Crippen LogP contribution is 2.52. The van der Waals surface area contributed by atoms with Gasteiger partial charge in [0.05, 0.1) is 26.4 Å². The second-order valence-corrected chi connectivity index (χ2v) is 39.9. The monoisotopic (exact) mass is 1450 g/mol. The molecular weight excluding hydrogens is 1280 g/mol. The largest absolute Gasteiger partial charge is 0.396 e. The summed E-state index contributed by atoms with van der Waals surface area (Å²) in [5.74, 6) is 16.3. The van der Waals surface area contributed by atoms with Crippen molar-refractivity contribution in [1.29, 1.82) is 0 Å². The molecule has 0 aromatic carbocycles. The average molecular weight is 1450 g/mol. The van der Waals surface area contributed by atoms with E-state index in [2.05, 4.69) is 69.2 Å². The van der Waals surface area contributed by atoms with Crippen molar-refractivity contribution in [1.82, 2.24) is 0 Å². The average Bonchev–Trinajstić information content (AvgIpc) is 1.62. The fourth-order valence-corrected chi connectivity index (χ4v) is 22.9. The minimum absolute atomic E-state index is 0.00218. The quantitative estimate of drug-likeness (QED) is 0.155. The van der Waals surface area contributed by atoms with Crippen molar-refractivity contribution in [3.63, 3.8) is 0 Å². The van der Waals surface area contributed by atoms with Gasteiger partial charge >= 0.3 is 0 Å². The molecule has 23 unspecified atom stereocenters. The molecule has 6 N–H and O–H groups in total. The first-order valence-electron chi connectivity index (χ1n) is 45.5. The molecule has 103 heavy (non-hydrogen) atoms. The van der Waals surface area contributed by atoms with Crippen molar-refractivity contribution in [3.8, 4) is 0 Å². The third kappa shape index (κ3) is 29.9. The molecule has 7 saturated carbocycles. The van der Waals surface area contributed by atoms with Gasteiger partial charge in [0, 0.05) is 45.6 Å². The first-order valence-corrected chi connectivity index (χ1v) is 45.5. The van der Waals surface area contributed by atoms with Gasteiger partial charge in [-0.25, -0.2) is 0 Å². The molecule has 11 nitrogen and oxygen atoms in total. The van der Waals surface area contributed by atoms with Crippen LogP contribution in [0.5, 0.6) is 0 Å². The van der Waals surface area contributed by atoms with Crippen LogP contribution >= 0.6 is 0 Å². The predicted octanol–water partition coefficient (Wildman–Crippen LogP) is 21.0. The van der Waals surface area contributed by atoms with Crippen LogP contribution in [0.15, 0.2) is 0 Å². The van der Waals surface area contributed by atoms with Crippen molar-refractivity contribution < 1.29 is 54.3 Å². The predicted molar refractivity (Wildman–Crippen MR) is 425 cm³/mol. The van der Waals surface area contributed by atoms with Crippen molar-refractivity contribution >= 4 is 0 Å². The smallest absolute Gasteiger partial charge is 0.145 e. The van der Waals surface area contributed by atoms with Gasteiger partial charge in [0.25, 0.3) is 0 Å². The van der Waals surface area contributed by atoms with Gasteiger partial charge in [-0.3, -0.25) is 0 Å². The highest BCUT2D eigenvalue weighted by Gasteiger charge is 2.60. The van der Waals surface area contributed by atoms with E-state index >= 15 is 0 Å². The van der Waals surface area contributed by atoms with Crippen LogP contribution in [0.1, 0.15) is 352 Å². The fourth-order valence-electron chi connectivity index (χ4n) is 22.9. The molecule has 1 saturated heterocycles. The van der Waals surface area contributed by atoms with Crippen LogP contribution in [0, 0.1) is 130 Å².